The molecule has 1 unspecified atom stereocenters. The van der Waals surface area contributed by atoms with Crippen LogP contribution in [-0.4, -0.2) is 27.7 Å². The van der Waals surface area contributed by atoms with Crippen molar-refractivity contribution in [3.8, 4) is 11.5 Å². The molecule has 2 heterocycles. The minimum Gasteiger partial charge on any atom is -0.493 e. The van der Waals surface area contributed by atoms with Crippen LogP contribution in [0.2, 0.25) is 0 Å². The molecule has 0 aliphatic carbocycles. The number of hydrogen-bond acceptors (Lipinski definition) is 7. The summed E-state index contributed by atoms with van der Waals surface area (Å²) in [7, 11) is -2.46. The standard InChI is InChI=1S/C23H26O7S/c1-15-6-8-19(9-7-15)31(24,25)28-14-23(27-13-16(2)29-23)18-10-17-12-22(3,4)30-21(17)20(11-18)26-5/h6-11,13H,12,14H2,1-5H3. The van der Waals surface area contributed by atoms with Gasteiger partial charge in [-0.25, -0.2) is 0 Å². The minimum absolute atomic E-state index is 0.0672. The average Bonchev–Trinajstić information content (AvgIpc) is 3.24. The van der Waals surface area contributed by atoms with Crippen molar-refractivity contribution < 1.29 is 31.5 Å². The van der Waals surface area contributed by atoms with Crippen molar-refractivity contribution in [2.75, 3.05) is 13.7 Å². The Labute approximate surface area is 182 Å². The van der Waals surface area contributed by atoms with E-state index in [-0.39, 0.29) is 17.1 Å². The molecule has 2 aliphatic rings. The van der Waals surface area contributed by atoms with Gasteiger partial charge in [-0.1, -0.05) is 17.7 Å². The predicted molar refractivity (Wildman–Crippen MR) is 113 cm³/mol. The molecule has 0 saturated carbocycles. The summed E-state index contributed by atoms with van der Waals surface area (Å²) in [5.74, 6) is 0.238. The zero-order chi connectivity index (χ0) is 22.4. The summed E-state index contributed by atoms with van der Waals surface area (Å²) in [6.45, 7) is 7.23. The molecule has 2 aromatic carbocycles. The number of rotatable bonds is 6. The van der Waals surface area contributed by atoms with Gasteiger partial charge in [0, 0.05) is 17.5 Å². The van der Waals surface area contributed by atoms with Gasteiger partial charge in [-0.2, -0.15) is 8.42 Å². The highest BCUT2D eigenvalue weighted by Gasteiger charge is 2.45. The van der Waals surface area contributed by atoms with E-state index in [1.54, 1.807) is 32.2 Å². The number of methoxy groups -OCH3 is 1. The average molecular weight is 447 g/mol. The van der Waals surface area contributed by atoms with E-state index in [1.807, 2.05) is 26.8 Å². The summed E-state index contributed by atoms with van der Waals surface area (Å²) in [6.07, 6.45) is 2.11. The highest BCUT2D eigenvalue weighted by atomic mass is 32.2. The highest BCUT2D eigenvalue weighted by Crippen LogP contribution is 2.46. The molecule has 0 amide bonds. The SMILES string of the molecule is COc1cc(C2(COS(=O)(=O)c3ccc(C)cc3)OC=C(C)O2)cc2c1OC(C)(C)C2. The summed E-state index contributed by atoms with van der Waals surface area (Å²) in [5, 5.41) is 0. The van der Waals surface area contributed by atoms with Crippen LogP contribution in [0, 0.1) is 6.92 Å². The lowest BCUT2D eigenvalue weighted by Gasteiger charge is -2.29. The fraction of sp³-hybridized carbons (Fsp3) is 0.391. The molecule has 31 heavy (non-hydrogen) atoms. The molecule has 0 bridgehead atoms. The molecule has 2 aliphatic heterocycles. The lowest BCUT2D eigenvalue weighted by atomic mass is 9.97. The highest BCUT2D eigenvalue weighted by molar-refractivity contribution is 7.86. The first-order chi connectivity index (χ1) is 14.5. The molecule has 0 N–H and O–H groups in total. The van der Waals surface area contributed by atoms with E-state index in [9.17, 15) is 8.42 Å². The number of benzene rings is 2. The Balaban J connectivity index is 1.68. The van der Waals surface area contributed by atoms with E-state index in [1.165, 1.54) is 18.4 Å². The summed E-state index contributed by atoms with van der Waals surface area (Å²) in [4.78, 5) is 0.0672. The molecule has 4 rings (SSSR count). The third kappa shape index (κ3) is 4.09. The van der Waals surface area contributed by atoms with Crippen LogP contribution >= 0.6 is 0 Å². The van der Waals surface area contributed by atoms with Crippen molar-refractivity contribution in [2.24, 2.45) is 0 Å². The second-order valence-corrected chi connectivity index (χ2v) is 10.1. The fourth-order valence-corrected chi connectivity index (χ4v) is 4.65. The monoisotopic (exact) mass is 446 g/mol. The van der Waals surface area contributed by atoms with Crippen LogP contribution in [0.1, 0.15) is 37.5 Å². The van der Waals surface area contributed by atoms with Crippen molar-refractivity contribution in [2.45, 2.75) is 50.4 Å². The van der Waals surface area contributed by atoms with Crippen molar-refractivity contribution in [1.82, 2.24) is 0 Å². The molecule has 2 aromatic rings. The third-order valence-electron chi connectivity index (χ3n) is 5.24. The zero-order valence-corrected chi connectivity index (χ0v) is 19.0. The van der Waals surface area contributed by atoms with E-state index in [0.29, 0.717) is 29.2 Å². The molecule has 8 heteroatoms. The Kier molecular flexibility index (Phi) is 5.18. The predicted octanol–water partition coefficient (Wildman–Crippen LogP) is 4.18. The smallest absolute Gasteiger partial charge is 0.302 e. The van der Waals surface area contributed by atoms with Crippen LogP contribution in [0.3, 0.4) is 0 Å². The Morgan fingerprint density at radius 1 is 1.06 bits per heavy atom. The van der Waals surface area contributed by atoms with Crippen LogP contribution in [-0.2, 0) is 36.0 Å². The number of allylic oxidation sites excluding steroid dienone is 1. The van der Waals surface area contributed by atoms with E-state index < -0.39 is 15.9 Å². The quantitative estimate of drug-likeness (QED) is 0.616. The zero-order valence-electron chi connectivity index (χ0n) is 18.2. The van der Waals surface area contributed by atoms with Gasteiger partial charge in [0.05, 0.1) is 12.0 Å². The number of aryl methyl sites for hydroxylation is 1. The lowest BCUT2D eigenvalue weighted by Crippen LogP contribution is -2.34. The third-order valence-corrected chi connectivity index (χ3v) is 6.52. The van der Waals surface area contributed by atoms with Gasteiger partial charge in [-0.15, -0.1) is 0 Å². The Morgan fingerprint density at radius 3 is 2.39 bits per heavy atom. The van der Waals surface area contributed by atoms with E-state index in [4.69, 9.17) is 23.1 Å². The van der Waals surface area contributed by atoms with Gasteiger partial charge >= 0.3 is 5.79 Å². The summed E-state index contributed by atoms with van der Waals surface area (Å²) < 4.78 is 54.2. The molecule has 0 spiro atoms. The maximum absolute atomic E-state index is 12.8. The van der Waals surface area contributed by atoms with Crippen molar-refractivity contribution in [3.63, 3.8) is 0 Å². The minimum atomic E-state index is -4.01. The van der Waals surface area contributed by atoms with Crippen molar-refractivity contribution in [3.05, 3.63) is 65.1 Å². The largest absolute Gasteiger partial charge is 0.493 e. The molecule has 1 atom stereocenters. The number of ether oxygens (including phenoxy) is 4. The summed E-state index contributed by atoms with van der Waals surface area (Å²) in [5.41, 5.74) is 2.08. The van der Waals surface area contributed by atoms with Crippen molar-refractivity contribution in [1.29, 1.82) is 0 Å². The van der Waals surface area contributed by atoms with Gasteiger partial charge in [0.1, 0.15) is 24.2 Å². The molecular weight excluding hydrogens is 420 g/mol. The lowest BCUT2D eigenvalue weighted by molar-refractivity contribution is -0.176. The first-order valence-corrected chi connectivity index (χ1v) is 11.3. The van der Waals surface area contributed by atoms with Crippen LogP contribution in [0.25, 0.3) is 0 Å². The van der Waals surface area contributed by atoms with Crippen LogP contribution in [0.15, 0.2) is 53.3 Å². The molecular formula is C23H26O7S. The molecule has 0 aromatic heterocycles. The van der Waals surface area contributed by atoms with Gasteiger partial charge < -0.3 is 18.9 Å². The van der Waals surface area contributed by atoms with E-state index >= 15 is 0 Å². The summed E-state index contributed by atoms with van der Waals surface area (Å²) >= 11 is 0. The van der Waals surface area contributed by atoms with Crippen LogP contribution in [0.5, 0.6) is 11.5 Å². The molecule has 0 fully saturated rings. The van der Waals surface area contributed by atoms with E-state index in [2.05, 4.69) is 0 Å². The molecule has 0 saturated heterocycles. The maximum Gasteiger partial charge on any atom is 0.302 e. The topological polar surface area (TPSA) is 80.3 Å². The second-order valence-electron chi connectivity index (χ2n) is 8.44. The first-order valence-electron chi connectivity index (χ1n) is 9.94. The van der Waals surface area contributed by atoms with Crippen molar-refractivity contribution >= 4 is 10.1 Å². The van der Waals surface area contributed by atoms with Crippen LogP contribution < -0.4 is 9.47 Å². The summed E-state index contributed by atoms with van der Waals surface area (Å²) in [6, 6.07) is 10.1. The molecule has 166 valence electrons. The Bertz CT molecular complexity index is 1130. The second kappa shape index (κ2) is 7.46. The van der Waals surface area contributed by atoms with Crippen LogP contribution in [0.4, 0.5) is 0 Å². The van der Waals surface area contributed by atoms with Gasteiger partial charge in [-0.05, 0) is 52.0 Å². The Morgan fingerprint density at radius 2 is 1.77 bits per heavy atom. The number of hydrogen-bond donors (Lipinski definition) is 0. The molecule has 7 nitrogen and oxygen atoms in total. The van der Waals surface area contributed by atoms with Gasteiger partial charge in [0.2, 0.25) is 0 Å². The first kappa shape index (κ1) is 21.5. The normalized spacial score (nSPS) is 21.5. The Hall–Kier alpha value is -2.71. The van der Waals surface area contributed by atoms with E-state index in [0.717, 1.165) is 11.1 Å². The maximum atomic E-state index is 12.8. The van der Waals surface area contributed by atoms with Gasteiger partial charge in [0.15, 0.2) is 11.5 Å². The van der Waals surface area contributed by atoms with Gasteiger partial charge in [0.25, 0.3) is 10.1 Å². The fourth-order valence-electron chi connectivity index (χ4n) is 3.74. The number of fused-ring (bicyclic) bond motifs is 1. The van der Waals surface area contributed by atoms with Gasteiger partial charge in [-0.3, -0.25) is 4.18 Å². The molecule has 0 radical (unpaired) electrons.